The van der Waals surface area contributed by atoms with Crippen LogP contribution in [0.15, 0.2) is 12.1 Å². The maximum absolute atomic E-state index is 10.7. The molecule has 1 aromatic heterocycles. The highest BCUT2D eigenvalue weighted by Crippen LogP contribution is 2.20. The molecule has 0 radical (unpaired) electrons. The summed E-state index contributed by atoms with van der Waals surface area (Å²) >= 11 is 0. The Hall–Kier alpha value is -1.66. The van der Waals surface area contributed by atoms with Crippen molar-refractivity contribution in [3.05, 3.63) is 23.4 Å². The van der Waals surface area contributed by atoms with Gasteiger partial charge in [0.15, 0.2) is 0 Å². The number of nitrogens with one attached hydrogen (secondary N) is 1. The third-order valence-corrected chi connectivity index (χ3v) is 4.89. The van der Waals surface area contributed by atoms with E-state index in [0.717, 1.165) is 63.4 Å². The molecule has 1 aliphatic heterocycles. The third kappa shape index (κ3) is 7.30. The van der Waals surface area contributed by atoms with Crippen LogP contribution < -0.4 is 5.32 Å². The quantitative estimate of drug-likeness (QED) is 0.556. The first-order valence-corrected chi connectivity index (χ1v) is 9.78. The van der Waals surface area contributed by atoms with E-state index in [4.69, 9.17) is 14.8 Å². The number of ether oxygens (including phenoxy) is 1. The predicted molar refractivity (Wildman–Crippen MR) is 104 cm³/mol. The van der Waals surface area contributed by atoms with Crippen LogP contribution in [0.3, 0.4) is 0 Å². The average molecular weight is 364 g/mol. The normalized spacial score (nSPS) is 14.7. The molecule has 6 heteroatoms. The number of carboxylic acid groups (broad SMARTS) is 1. The number of hydrogen-bond donors (Lipinski definition) is 2. The lowest BCUT2D eigenvalue weighted by atomic mass is 10.1. The smallest absolute Gasteiger partial charge is 0.303 e. The lowest BCUT2D eigenvalue weighted by Crippen LogP contribution is -2.34. The summed E-state index contributed by atoms with van der Waals surface area (Å²) in [5.74, 6) is 0.342. The largest absolute Gasteiger partial charge is 0.481 e. The fraction of sp³-hybridized carbons (Fsp3) is 0.700. The molecule has 0 fully saturated rings. The Labute approximate surface area is 156 Å². The number of fused-ring (bicyclic) bond motifs is 1. The summed E-state index contributed by atoms with van der Waals surface area (Å²) in [5.41, 5.74) is 2.49. The van der Waals surface area contributed by atoms with Crippen molar-refractivity contribution in [1.82, 2.24) is 9.88 Å². The van der Waals surface area contributed by atoms with Crippen LogP contribution >= 0.6 is 0 Å². The Bertz CT molecular complexity index is 565. The summed E-state index contributed by atoms with van der Waals surface area (Å²) in [6.45, 7) is 5.69. The van der Waals surface area contributed by atoms with Gasteiger partial charge in [0.1, 0.15) is 5.82 Å². The zero-order valence-electron chi connectivity index (χ0n) is 16.2. The molecular weight excluding hydrogens is 330 g/mol. The first-order chi connectivity index (χ1) is 12.6. The number of carboxylic acids is 1. The number of methoxy groups -OCH3 is 1. The van der Waals surface area contributed by atoms with E-state index in [0.29, 0.717) is 6.42 Å². The molecule has 0 saturated carbocycles. The Balaban J connectivity index is 1.74. The van der Waals surface area contributed by atoms with Gasteiger partial charge in [0.25, 0.3) is 0 Å². The molecule has 0 amide bonds. The van der Waals surface area contributed by atoms with Crippen molar-refractivity contribution in [2.45, 2.75) is 58.0 Å². The van der Waals surface area contributed by atoms with Crippen molar-refractivity contribution < 1.29 is 14.6 Å². The zero-order chi connectivity index (χ0) is 18.8. The lowest BCUT2D eigenvalue weighted by molar-refractivity contribution is -0.137. The van der Waals surface area contributed by atoms with Crippen molar-refractivity contribution in [3.8, 4) is 0 Å². The van der Waals surface area contributed by atoms with E-state index in [9.17, 15) is 4.79 Å². The standard InChI is InChI=1S/C20H33N3O3/c1-16(26-2)15-23(14-6-9-19(24)25)13-4-3-8-18-11-10-17-7-5-12-21-20(17)22-18/h10-11,16H,3-9,12-15H2,1-2H3,(H,21,22)(H,24,25)/t16-/m1/s1. The van der Waals surface area contributed by atoms with Crippen molar-refractivity contribution >= 4 is 11.8 Å². The molecule has 6 nitrogen and oxygen atoms in total. The average Bonchev–Trinajstić information content (AvgIpc) is 2.64. The first-order valence-electron chi connectivity index (χ1n) is 9.78. The summed E-state index contributed by atoms with van der Waals surface area (Å²) in [6.07, 6.45) is 6.53. The highest BCUT2D eigenvalue weighted by molar-refractivity contribution is 5.66. The van der Waals surface area contributed by atoms with Crippen LogP contribution in [-0.2, 0) is 22.4 Å². The Morgan fingerprint density at radius 3 is 2.92 bits per heavy atom. The van der Waals surface area contributed by atoms with E-state index in [2.05, 4.69) is 22.3 Å². The third-order valence-electron chi connectivity index (χ3n) is 4.89. The Kier molecular flexibility index (Phi) is 8.85. The number of anilines is 1. The van der Waals surface area contributed by atoms with Crippen LogP contribution in [0.2, 0.25) is 0 Å². The molecule has 1 aromatic rings. The minimum absolute atomic E-state index is 0.160. The SMILES string of the molecule is CO[C@H](C)CN(CCCCc1ccc2c(n1)NCCC2)CCCC(=O)O. The number of nitrogens with zero attached hydrogens (tertiary/aromatic N) is 2. The van der Waals surface area contributed by atoms with E-state index in [1.54, 1.807) is 7.11 Å². The van der Waals surface area contributed by atoms with Gasteiger partial charge in [-0.2, -0.15) is 0 Å². The molecule has 0 aromatic carbocycles. The topological polar surface area (TPSA) is 74.7 Å². The van der Waals surface area contributed by atoms with Crippen molar-refractivity contribution in [3.63, 3.8) is 0 Å². The van der Waals surface area contributed by atoms with Gasteiger partial charge in [-0.25, -0.2) is 4.98 Å². The van der Waals surface area contributed by atoms with Gasteiger partial charge in [-0.3, -0.25) is 4.79 Å². The molecule has 2 rings (SSSR count). The number of pyridine rings is 1. The Morgan fingerprint density at radius 1 is 1.35 bits per heavy atom. The summed E-state index contributed by atoms with van der Waals surface area (Å²) in [6, 6.07) is 4.37. The number of hydrogen-bond acceptors (Lipinski definition) is 5. The maximum Gasteiger partial charge on any atom is 0.303 e. The van der Waals surface area contributed by atoms with Crippen LogP contribution in [0.1, 0.15) is 50.3 Å². The highest BCUT2D eigenvalue weighted by atomic mass is 16.5. The fourth-order valence-electron chi connectivity index (χ4n) is 3.34. The van der Waals surface area contributed by atoms with E-state index in [1.807, 2.05) is 6.92 Å². The summed E-state index contributed by atoms with van der Waals surface area (Å²) in [4.78, 5) is 17.8. The number of aliphatic carboxylic acids is 1. The number of aromatic nitrogens is 1. The number of aryl methyl sites for hydroxylation is 2. The molecule has 0 saturated heterocycles. The van der Waals surface area contributed by atoms with Crippen LogP contribution in [0.4, 0.5) is 5.82 Å². The van der Waals surface area contributed by atoms with E-state index in [-0.39, 0.29) is 12.5 Å². The number of unbranched alkanes of at least 4 members (excludes halogenated alkanes) is 1. The monoisotopic (exact) mass is 363 g/mol. The maximum atomic E-state index is 10.7. The molecule has 26 heavy (non-hydrogen) atoms. The summed E-state index contributed by atoms with van der Waals surface area (Å²) in [7, 11) is 1.72. The van der Waals surface area contributed by atoms with Gasteiger partial charge in [-0.1, -0.05) is 6.07 Å². The van der Waals surface area contributed by atoms with E-state index < -0.39 is 5.97 Å². The van der Waals surface area contributed by atoms with Gasteiger partial charge in [0.2, 0.25) is 0 Å². The van der Waals surface area contributed by atoms with Gasteiger partial charge < -0.3 is 20.1 Å². The lowest BCUT2D eigenvalue weighted by Gasteiger charge is -2.25. The second-order valence-corrected chi connectivity index (χ2v) is 7.14. The van der Waals surface area contributed by atoms with Crippen LogP contribution in [0.25, 0.3) is 0 Å². The first kappa shape index (κ1) is 20.6. The molecule has 2 N–H and O–H groups in total. The molecular formula is C20H33N3O3. The Morgan fingerprint density at radius 2 is 2.15 bits per heavy atom. The molecule has 2 heterocycles. The molecule has 1 atom stereocenters. The number of rotatable bonds is 12. The summed E-state index contributed by atoms with van der Waals surface area (Å²) in [5, 5.41) is 12.2. The van der Waals surface area contributed by atoms with Crippen LogP contribution in [0, 0.1) is 0 Å². The van der Waals surface area contributed by atoms with Gasteiger partial charge >= 0.3 is 5.97 Å². The molecule has 0 unspecified atom stereocenters. The molecule has 0 aliphatic carbocycles. The van der Waals surface area contributed by atoms with Crippen molar-refractivity contribution in [2.75, 3.05) is 38.6 Å². The van der Waals surface area contributed by atoms with Gasteiger partial charge in [0.05, 0.1) is 6.10 Å². The van der Waals surface area contributed by atoms with Crippen LogP contribution in [-0.4, -0.2) is 60.4 Å². The van der Waals surface area contributed by atoms with Gasteiger partial charge in [-0.15, -0.1) is 0 Å². The van der Waals surface area contributed by atoms with Crippen LogP contribution in [0.5, 0.6) is 0 Å². The van der Waals surface area contributed by atoms with E-state index in [1.165, 1.54) is 12.0 Å². The zero-order valence-corrected chi connectivity index (χ0v) is 16.2. The van der Waals surface area contributed by atoms with Crippen molar-refractivity contribution in [1.29, 1.82) is 0 Å². The molecule has 146 valence electrons. The highest BCUT2D eigenvalue weighted by Gasteiger charge is 2.12. The van der Waals surface area contributed by atoms with Crippen molar-refractivity contribution in [2.24, 2.45) is 0 Å². The summed E-state index contributed by atoms with van der Waals surface area (Å²) < 4.78 is 5.36. The second-order valence-electron chi connectivity index (χ2n) is 7.14. The van der Waals surface area contributed by atoms with E-state index >= 15 is 0 Å². The fourth-order valence-corrected chi connectivity index (χ4v) is 3.34. The minimum Gasteiger partial charge on any atom is -0.481 e. The molecule has 1 aliphatic rings. The predicted octanol–water partition coefficient (Wildman–Crippen LogP) is 2.96. The second kappa shape index (κ2) is 11.1. The minimum atomic E-state index is -0.725. The van der Waals surface area contributed by atoms with Gasteiger partial charge in [-0.05, 0) is 70.2 Å². The number of carbonyl (C=O) groups is 1. The molecule has 0 spiro atoms. The van der Waals surface area contributed by atoms with Gasteiger partial charge in [0, 0.05) is 32.3 Å². The molecule has 0 bridgehead atoms.